The van der Waals surface area contributed by atoms with Crippen LogP contribution in [0.4, 0.5) is 0 Å². The Bertz CT molecular complexity index is 1010. The first-order chi connectivity index (χ1) is 13.7. The fourth-order valence-corrected chi connectivity index (χ4v) is 3.82. The summed E-state index contributed by atoms with van der Waals surface area (Å²) >= 11 is 1.48. The molecule has 1 amide bonds. The van der Waals surface area contributed by atoms with Gasteiger partial charge in [0.15, 0.2) is 0 Å². The Balaban J connectivity index is 1.84. The molecular formula is C22H29N5OS. The van der Waals surface area contributed by atoms with Gasteiger partial charge >= 0.3 is 0 Å². The highest BCUT2D eigenvalue weighted by atomic mass is 32.2. The van der Waals surface area contributed by atoms with Crippen molar-refractivity contribution in [2.45, 2.75) is 58.7 Å². The SMILES string of the molecule is CSc1nc2nc(C)c(CC(=O)NC(CC(C)(C)C)c3ccccc3)c(C)n2n1. The van der Waals surface area contributed by atoms with E-state index in [4.69, 9.17) is 0 Å². The lowest BCUT2D eigenvalue weighted by atomic mass is 9.85. The highest BCUT2D eigenvalue weighted by molar-refractivity contribution is 7.98. The summed E-state index contributed by atoms with van der Waals surface area (Å²) in [4.78, 5) is 22.0. The number of fused-ring (bicyclic) bond motifs is 1. The van der Waals surface area contributed by atoms with E-state index in [0.29, 0.717) is 10.9 Å². The van der Waals surface area contributed by atoms with Gasteiger partial charge in [-0.2, -0.15) is 4.98 Å². The summed E-state index contributed by atoms with van der Waals surface area (Å²) in [5, 5.41) is 8.39. The van der Waals surface area contributed by atoms with Crippen molar-refractivity contribution in [1.82, 2.24) is 24.9 Å². The van der Waals surface area contributed by atoms with E-state index in [1.54, 1.807) is 4.52 Å². The van der Waals surface area contributed by atoms with Gasteiger partial charge in [0, 0.05) is 17.0 Å². The van der Waals surface area contributed by atoms with Crippen LogP contribution in [0.1, 0.15) is 55.7 Å². The molecule has 0 spiro atoms. The molecule has 1 aromatic carbocycles. The number of benzene rings is 1. The van der Waals surface area contributed by atoms with E-state index in [0.717, 1.165) is 28.9 Å². The summed E-state index contributed by atoms with van der Waals surface area (Å²) in [5.74, 6) is 0.559. The van der Waals surface area contributed by atoms with Crippen LogP contribution in [0.25, 0.3) is 5.78 Å². The van der Waals surface area contributed by atoms with Crippen LogP contribution in [-0.2, 0) is 11.2 Å². The molecule has 2 aromatic heterocycles. The quantitative estimate of drug-likeness (QED) is 0.612. The summed E-state index contributed by atoms with van der Waals surface area (Å²) in [6.07, 6.45) is 3.06. The van der Waals surface area contributed by atoms with Gasteiger partial charge < -0.3 is 5.32 Å². The molecule has 0 radical (unpaired) electrons. The largest absolute Gasteiger partial charge is 0.349 e. The third-order valence-electron chi connectivity index (χ3n) is 4.90. The highest BCUT2D eigenvalue weighted by Crippen LogP contribution is 2.29. The summed E-state index contributed by atoms with van der Waals surface area (Å²) < 4.78 is 1.73. The zero-order valence-electron chi connectivity index (χ0n) is 18.0. The van der Waals surface area contributed by atoms with Crippen molar-refractivity contribution >= 4 is 23.4 Å². The molecule has 3 rings (SSSR count). The predicted molar refractivity (Wildman–Crippen MR) is 117 cm³/mol. The van der Waals surface area contributed by atoms with Crippen LogP contribution in [0.5, 0.6) is 0 Å². The lowest BCUT2D eigenvalue weighted by molar-refractivity contribution is -0.121. The zero-order valence-corrected chi connectivity index (χ0v) is 18.8. The average molecular weight is 412 g/mol. The van der Waals surface area contributed by atoms with Crippen molar-refractivity contribution in [2.75, 3.05) is 6.26 Å². The Kier molecular flexibility index (Phi) is 6.27. The average Bonchev–Trinajstić information content (AvgIpc) is 3.07. The van der Waals surface area contributed by atoms with Gasteiger partial charge in [-0.15, -0.1) is 5.10 Å². The minimum absolute atomic E-state index is 0.0133. The molecule has 1 N–H and O–H groups in total. The second kappa shape index (κ2) is 8.53. The second-order valence-corrected chi connectivity index (χ2v) is 9.32. The Morgan fingerprint density at radius 2 is 1.86 bits per heavy atom. The van der Waals surface area contributed by atoms with Crippen LogP contribution in [0.3, 0.4) is 0 Å². The molecule has 0 saturated heterocycles. The van der Waals surface area contributed by atoms with Gasteiger partial charge in [0.25, 0.3) is 5.78 Å². The standard InChI is InChI=1S/C22H29N5OS/c1-14-17(15(2)27-20(23-14)25-21(26-27)29-6)12-19(28)24-18(13-22(3,4)5)16-10-8-7-9-11-16/h7-11,18H,12-13H2,1-6H3,(H,24,28). The normalized spacial score (nSPS) is 12.9. The third-order valence-corrected chi connectivity index (χ3v) is 5.44. The molecule has 6 nitrogen and oxygen atoms in total. The number of nitrogens with zero attached hydrogens (tertiary/aromatic N) is 4. The Morgan fingerprint density at radius 1 is 1.17 bits per heavy atom. The second-order valence-electron chi connectivity index (χ2n) is 8.54. The van der Waals surface area contributed by atoms with Gasteiger partial charge in [0.1, 0.15) is 0 Å². The van der Waals surface area contributed by atoms with Gasteiger partial charge in [0.2, 0.25) is 11.1 Å². The number of thioether (sulfide) groups is 1. The number of carbonyl (C=O) groups excluding carboxylic acids is 1. The molecule has 0 bridgehead atoms. The maximum atomic E-state index is 13.0. The molecule has 3 aromatic rings. The number of hydrogen-bond donors (Lipinski definition) is 1. The molecule has 0 saturated carbocycles. The lowest BCUT2D eigenvalue weighted by Crippen LogP contribution is -2.33. The van der Waals surface area contributed by atoms with Gasteiger partial charge in [0.05, 0.1) is 12.5 Å². The monoisotopic (exact) mass is 411 g/mol. The topological polar surface area (TPSA) is 72.2 Å². The minimum atomic E-state index is -0.0320. The van der Waals surface area contributed by atoms with E-state index in [1.165, 1.54) is 11.8 Å². The number of aromatic nitrogens is 4. The van der Waals surface area contributed by atoms with E-state index in [2.05, 4.69) is 53.3 Å². The molecule has 0 aliphatic rings. The summed E-state index contributed by atoms with van der Waals surface area (Å²) in [5.41, 5.74) is 3.84. The van der Waals surface area contributed by atoms with E-state index in [1.807, 2.05) is 38.3 Å². The van der Waals surface area contributed by atoms with Crippen molar-refractivity contribution in [3.63, 3.8) is 0 Å². The molecule has 7 heteroatoms. The van der Waals surface area contributed by atoms with Crippen molar-refractivity contribution in [1.29, 1.82) is 0 Å². The molecule has 154 valence electrons. The van der Waals surface area contributed by atoms with Crippen LogP contribution in [0.2, 0.25) is 0 Å². The predicted octanol–water partition coefficient (Wildman–Crippen LogP) is 4.30. The summed E-state index contributed by atoms with van der Waals surface area (Å²) in [6.45, 7) is 10.5. The van der Waals surface area contributed by atoms with Crippen molar-refractivity contribution in [3.05, 3.63) is 52.8 Å². The van der Waals surface area contributed by atoms with E-state index < -0.39 is 0 Å². The van der Waals surface area contributed by atoms with Crippen molar-refractivity contribution in [3.8, 4) is 0 Å². The summed E-state index contributed by atoms with van der Waals surface area (Å²) in [6, 6.07) is 10.1. The van der Waals surface area contributed by atoms with Crippen LogP contribution in [0, 0.1) is 19.3 Å². The summed E-state index contributed by atoms with van der Waals surface area (Å²) in [7, 11) is 0. The van der Waals surface area contributed by atoms with Crippen molar-refractivity contribution in [2.24, 2.45) is 5.41 Å². The molecule has 0 aliphatic heterocycles. The van der Waals surface area contributed by atoms with Gasteiger partial charge in [-0.3, -0.25) is 4.79 Å². The van der Waals surface area contributed by atoms with Gasteiger partial charge in [-0.25, -0.2) is 9.50 Å². The smallest absolute Gasteiger partial charge is 0.253 e. The molecule has 1 atom stereocenters. The maximum Gasteiger partial charge on any atom is 0.253 e. The van der Waals surface area contributed by atoms with E-state index in [-0.39, 0.29) is 23.8 Å². The Morgan fingerprint density at radius 3 is 2.48 bits per heavy atom. The first-order valence-corrected chi connectivity index (χ1v) is 11.0. The fourth-order valence-electron chi connectivity index (χ4n) is 3.49. The van der Waals surface area contributed by atoms with E-state index >= 15 is 0 Å². The Hall–Kier alpha value is -2.41. The fraction of sp³-hybridized carbons (Fsp3) is 0.455. The van der Waals surface area contributed by atoms with E-state index in [9.17, 15) is 4.79 Å². The Labute approximate surface area is 176 Å². The number of aryl methyl sites for hydroxylation is 2. The number of carbonyl (C=O) groups is 1. The zero-order chi connectivity index (χ0) is 21.2. The number of nitrogens with one attached hydrogen (secondary N) is 1. The maximum absolute atomic E-state index is 13.0. The van der Waals surface area contributed by atoms with Crippen LogP contribution in [-0.4, -0.2) is 31.7 Å². The molecular weight excluding hydrogens is 382 g/mol. The first kappa shape index (κ1) is 21.3. The molecule has 0 fully saturated rings. The van der Waals surface area contributed by atoms with Crippen LogP contribution >= 0.6 is 11.8 Å². The van der Waals surface area contributed by atoms with Crippen molar-refractivity contribution < 1.29 is 4.79 Å². The molecule has 0 aliphatic carbocycles. The van der Waals surface area contributed by atoms with Crippen LogP contribution in [0.15, 0.2) is 35.5 Å². The third kappa shape index (κ3) is 5.15. The highest BCUT2D eigenvalue weighted by Gasteiger charge is 2.23. The van der Waals surface area contributed by atoms with Crippen LogP contribution < -0.4 is 5.32 Å². The van der Waals surface area contributed by atoms with Gasteiger partial charge in [-0.1, -0.05) is 62.9 Å². The first-order valence-electron chi connectivity index (χ1n) is 9.79. The number of amides is 1. The van der Waals surface area contributed by atoms with Gasteiger partial charge in [-0.05, 0) is 37.5 Å². The molecule has 2 heterocycles. The number of hydrogen-bond acceptors (Lipinski definition) is 5. The lowest BCUT2D eigenvalue weighted by Gasteiger charge is -2.27. The minimum Gasteiger partial charge on any atom is -0.349 e. The molecule has 1 unspecified atom stereocenters. The number of rotatable bonds is 6. The molecule has 29 heavy (non-hydrogen) atoms.